The van der Waals surface area contributed by atoms with Crippen molar-refractivity contribution in [2.24, 2.45) is 0 Å². The van der Waals surface area contributed by atoms with E-state index in [1.54, 1.807) is 6.07 Å². The number of carbonyl (C=O) groups excluding carboxylic acids is 1. The molecule has 0 aromatic heterocycles. The van der Waals surface area contributed by atoms with E-state index in [9.17, 15) is 4.79 Å². The van der Waals surface area contributed by atoms with Crippen LogP contribution in [0.15, 0.2) is 18.2 Å². The summed E-state index contributed by atoms with van der Waals surface area (Å²) in [6.45, 7) is 3.17. The minimum absolute atomic E-state index is 0.374. The van der Waals surface area contributed by atoms with Gasteiger partial charge in [0.05, 0.1) is 12.7 Å². The van der Waals surface area contributed by atoms with E-state index in [1.807, 2.05) is 12.1 Å². The molecule has 0 heterocycles. The van der Waals surface area contributed by atoms with Crippen LogP contribution in [0.1, 0.15) is 36.5 Å². The number of rotatable bonds is 5. The number of nitrogens with two attached hydrogens (primary N) is 1. The van der Waals surface area contributed by atoms with Crippen molar-refractivity contribution in [3.05, 3.63) is 23.8 Å². The molecule has 1 aliphatic carbocycles. The molecule has 0 spiro atoms. The van der Waals surface area contributed by atoms with Gasteiger partial charge >= 0.3 is 5.97 Å². The van der Waals surface area contributed by atoms with Gasteiger partial charge in [-0.2, -0.15) is 0 Å². The Kier molecular flexibility index (Phi) is 3.75. The topological polar surface area (TPSA) is 55.6 Å². The van der Waals surface area contributed by atoms with Crippen molar-refractivity contribution >= 4 is 17.3 Å². The molecule has 1 aliphatic rings. The van der Waals surface area contributed by atoms with E-state index in [1.165, 1.54) is 20.0 Å². The van der Waals surface area contributed by atoms with E-state index in [0.29, 0.717) is 17.3 Å². The van der Waals surface area contributed by atoms with E-state index in [-0.39, 0.29) is 5.97 Å². The van der Waals surface area contributed by atoms with Gasteiger partial charge in [0, 0.05) is 24.0 Å². The average molecular weight is 248 g/mol. The molecule has 0 radical (unpaired) electrons. The zero-order valence-electron chi connectivity index (χ0n) is 11.0. The van der Waals surface area contributed by atoms with Crippen molar-refractivity contribution < 1.29 is 9.53 Å². The van der Waals surface area contributed by atoms with Crippen LogP contribution in [0.3, 0.4) is 0 Å². The Morgan fingerprint density at radius 2 is 2.22 bits per heavy atom. The van der Waals surface area contributed by atoms with Gasteiger partial charge in [0.2, 0.25) is 0 Å². The standard InChI is InChI=1S/C14H20N2O2/c1-3-8-16(10-4-5-10)11-6-7-13(15)12(9-11)14(17)18-2/h6-7,9-10H,3-5,8,15H2,1-2H3. The van der Waals surface area contributed by atoms with Gasteiger partial charge in [0.15, 0.2) is 0 Å². The van der Waals surface area contributed by atoms with Gasteiger partial charge in [0.1, 0.15) is 0 Å². The van der Waals surface area contributed by atoms with E-state index in [4.69, 9.17) is 10.5 Å². The highest BCUT2D eigenvalue weighted by molar-refractivity contribution is 5.96. The van der Waals surface area contributed by atoms with Crippen molar-refractivity contribution in [3.8, 4) is 0 Å². The molecule has 1 fully saturated rings. The normalized spacial score (nSPS) is 14.3. The smallest absolute Gasteiger partial charge is 0.340 e. The molecule has 0 unspecified atom stereocenters. The zero-order chi connectivity index (χ0) is 13.1. The first kappa shape index (κ1) is 12.7. The molecule has 1 saturated carbocycles. The fraction of sp³-hybridized carbons (Fsp3) is 0.500. The summed E-state index contributed by atoms with van der Waals surface area (Å²) in [4.78, 5) is 14.0. The Morgan fingerprint density at radius 3 is 2.78 bits per heavy atom. The van der Waals surface area contributed by atoms with Gasteiger partial charge < -0.3 is 15.4 Å². The quantitative estimate of drug-likeness (QED) is 0.642. The number of hydrogen-bond acceptors (Lipinski definition) is 4. The Hall–Kier alpha value is -1.71. The average Bonchev–Trinajstić information content (AvgIpc) is 3.20. The van der Waals surface area contributed by atoms with Gasteiger partial charge in [-0.05, 0) is 37.5 Å². The molecule has 18 heavy (non-hydrogen) atoms. The third kappa shape index (κ3) is 2.58. The first-order valence-electron chi connectivity index (χ1n) is 6.41. The van der Waals surface area contributed by atoms with Crippen molar-refractivity contribution in [1.29, 1.82) is 0 Å². The lowest BCUT2D eigenvalue weighted by Crippen LogP contribution is -2.26. The number of hydrogen-bond donors (Lipinski definition) is 1. The van der Waals surface area contributed by atoms with Gasteiger partial charge in [0.25, 0.3) is 0 Å². The lowest BCUT2D eigenvalue weighted by molar-refractivity contribution is 0.0602. The molecule has 4 nitrogen and oxygen atoms in total. The van der Waals surface area contributed by atoms with Gasteiger partial charge in [-0.25, -0.2) is 4.79 Å². The molecule has 0 amide bonds. The maximum absolute atomic E-state index is 11.6. The molecule has 98 valence electrons. The number of esters is 1. The molecule has 1 aromatic rings. The van der Waals surface area contributed by atoms with Crippen LogP contribution in [0.4, 0.5) is 11.4 Å². The number of anilines is 2. The molecular formula is C14H20N2O2. The Morgan fingerprint density at radius 1 is 1.50 bits per heavy atom. The van der Waals surface area contributed by atoms with Crippen LogP contribution in [0, 0.1) is 0 Å². The van der Waals surface area contributed by atoms with Crippen molar-refractivity contribution in [2.45, 2.75) is 32.2 Å². The second kappa shape index (κ2) is 5.29. The minimum atomic E-state index is -0.374. The van der Waals surface area contributed by atoms with Crippen molar-refractivity contribution in [2.75, 3.05) is 24.3 Å². The lowest BCUT2D eigenvalue weighted by Gasteiger charge is -2.24. The largest absolute Gasteiger partial charge is 0.465 e. The van der Waals surface area contributed by atoms with E-state index in [2.05, 4.69) is 11.8 Å². The van der Waals surface area contributed by atoms with E-state index < -0.39 is 0 Å². The molecule has 2 N–H and O–H groups in total. The highest BCUT2D eigenvalue weighted by Gasteiger charge is 2.29. The summed E-state index contributed by atoms with van der Waals surface area (Å²) in [6, 6.07) is 6.23. The fourth-order valence-electron chi connectivity index (χ4n) is 2.16. The molecule has 0 bridgehead atoms. The maximum Gasteiger partial charge on any atom is 0.340 e. The number of carbonyl (C=O) groups is 1. The number of benzene rings is 1. The van der Waals surface area contributed by atoms with E-state index in [0.717, 1.165) is 18.7 Å². The number of ether oxygens (including phenoxy) is 1. The van der Waals surface area contributed by atoms with Crippen molar-refractivity contribution in [1.82, 2.24) is 0 Å². The van der Waals surface area contributed by atoms with Crippen LogP contribution in [0.5, 0.6) is 0 Å². The molecule has 0 aliphatic heterocycles. The van der Waals surface area contributed by atoms with Crippen molar-refractivity contribution in [3.63, 3.8) is 0 Å². The van der Waals surface area contributed by atoms with Crippen LogP contribution >= 0.6 is 0 Å². The first-order valence-corrected chi connectivity index (χ1v) is 6.41. The summed E-state index contributed by atoms with van der Waals surface area (Å²) in [5.74, 6) is -0.374. The number of nitrogen functional groups attached to an aromatic ring is 1. The number of methoxy groups -OCH3 is 1. The highest BCUT2D eigenvalue weighted by atomic mass is 16.5. The van der Waals surface area contributed by atoms with Gasteiger partial charge in [-0.1, -0.05) is 6.92 Å². The molecule has 4 heteroatoms. The number of nitrogens with zero attached hydrogens (tertiary/aromatic N) is 1. The monoisotopic (exact) mass is 248 g/mol. The highest BCUT2D eigenvalue weighted by Crippen LogP contribution is 2.33. The third-order valence-electron chi connectivity index (χ3n) is 3.23. The SMILES string of the molecule is CCCN(c1ccc(N)c(C(=O)OC)c1)C1CC1. The Balaban J connectivity index is 2.29. The van der Waals surface area contributed by atoms with Crippen LogP contribution < -0.4 is 10.6 Å². The zero-order valence-corrected chi connectivity index (χ0v) is 11.0. The fourth-order valence-corrected chi connectivity index (χ4v) is 2.16. The second-order valence-electron chi connectivity index (χ2n) is 4.69. The molecule has 1 aromatic carbocycles. The minimum Gasteiger partial charge on any atom is -0.465 e. The molecule has 0 saturated heterocycles. The summed E-state index contributed by atoms with van der Waals surface area (Å²) >= 11 is 0. The summed E-state index contributed by atoms with van der Waals surface area (Å²) in [5.41, 5.74) is 7.80. The second-order valence-corrected chi connectivity index (χ2v) is 4.69. The van der Waals surface area contributed by atoms with Gasteiger partial charge in [-0.15, -0.1) is 0 Å². The van der Waals surface area contributed by atoms with E-state index >= 15 is 0 Å². The summed E-state index contributed by atoms with van der Waals surface area (Å²) in [6.07, 6.45) is 3.56. The lowest BCUT2D eigenvalue weighted by atomic mass is 10.1. The molecular weight excluding hydrogens is 228 g/mol. The first-order chi connectivity index (χ1) is 8.67. The van der Waals surface area contributed by atoms with Crippen LogP contribution in [-0.4, -0.2) is 25.7 Å². The predicted octanol–water partition coefficient (Wildman–Crippen LogP) is 2.43. The predicted molar refractivity (Wildman–Crippen MR) is 72.9 cm³/mol. The summed E-state index contributed by atoms with van der Waals surface area (Å²) in [5, 5.41) is 0. The summed E-state index contributed by atoms with van der Waals surface area (Å²) < 4.78 is 4.75. The Bertz CT molecular complexity index is 441. The maximum atomic E-state index is 11.6. The molecule has 2 rings (SSSR count). The van der Waals surface area contributed by atoms with Crippen LogP contribution in [-0.2, 0) is 4.74 Å². The van der Waals surface area contributed by atoms with Crippen LogP contribution in [0.2, 0.25) is 0 Å². The van der Waals surface area contributed by atoms with Crippen LogP contribution in [0.25, 0.3) is 0 Å². The molecule has 0 atom stereocenters. The Labute approximate surface area is 108 Å². The third-order valence-corrected chi connectivity index (χ3v) is 3.23. The summed E-state index contributed by atoms with van der Waals surface area (Å²) in [7, 11) is 1.37. The van der Waals surface area contributed by atoms with Gasteiger partial charge in [-0.3, -0.25) is 0 Å².